The molecule has 1 heteroatoms. The van der Waals surface area contributed by atoms with Crippen molar-refractivity contribution in [1.82, 2.24) is 0 Å². The fraction of sp³-hybridized carbons (Fsp3) is 0.263. The van der Waals surface area contributed by atoms with Gasteiger partial charge in [0.1, 0.15) is 6.10 Å². The van der Waals surface area contributed by atoms with Crippen molar-refractivity contribution in [2.75, 3.05) is 0 Å². The summed E-state index contributed by atoms with van der Waals surface area (Å²) >= 11 is 0. The van der Waals surface area contributed by atoms with Crippen molar-refractivity contribution >= 4 is 0 Å². The van der Waals surface area contributed by atoms with Crippen LogP contribution in [0.2, 0.25) is 0 Å². The van der Waals surface area contributed by atoms with Gasteiger partial charge in [-0.3, -0.25) is 0 Å². The Labute approximate surface area is 121 Å². The minimum atomic E-state index is -0.230. The molecule has 1 nitrogen and oxygen atoms in total. The molecule has 0 fully saturated rings. The van der Waals surface area contributed by atoms with Crippen LogP contribution in [0, 0.1) is 11.8 Å². The van der Waals surface area contributed by atoms with Gasteiger partial charge < -0.3 is 4.74 Å². The van der Waals surface area contributed by atoms with Gasteiger partial charge in [0.15, 0.2) is 0 Å². The first-order valence-electron chi connectivity index (χ1n) is 6.84. The fourth-order valence-electron chi connectivity index (χ4n) is 1.83. The zero-order chi connectivity index (χ0) is 14.4. The highest BCUT2D eigenvalue weighted by Crippen LogP contribution is 2.23. The summed E-state index contributed by atoms with van der Waals surface area (Å²) in [5.74, 6) is 6.43. The molecule has 0 saturated heterocycles. The Bertz CT molecular complexity index is 582. The molecule has 0 aromatic heterocycles. The van der Waals surface area contributed by atoms with E-state index in [9.17, 15) is 0 Å². The van der Waals surface area contributed by atoms with Crippen LogP contribution in [0.15, 0.2) is 60.7 Å². The molecule has 0 aliphatic carbocycles. The third-order valence-electron chi connectivity index (χ3n) is 2.70. The van der Waals surface area contributed by atoms with E-state index in [1.165, 1.54) is 0 Å². The zero-order valence-corrected chi connectivity index (χ0v) is 12.3. The first kappa shape index (κ1) is 14.4. The highest BCUT2D eigenvalue weighted by Gasteiger charge is 2.18. The first-order chi connectivity index (χ1) is 9.54. The molecule has 0 heterocycles. The quantitative estimate of drug-likeness (QED) is 0.721. The molecular formula is C19H20O. The minimum Gasteiger partial charge on any atom is -0.355 e. The van der Waals surface area contributed by atoms with E-state index >= 15 is 0 Å². The lowest BCUT2D eigenvalue weighted by Gasteiger charge is -2.24. The van der Waals surface area contributed by atoms with E-state index in [0.29, 0.717) is 0 Å². The van der Waals surface area contributed by atoms with E-state index in [1.807, 2.05) is 69.3 Å². The smallest absolute Gasteiger partial charge is 0.144 e. The second kappa shape index (κ2) is 6.41. The summed E-state index contributed by atoms with van der Waals surface area (Å²) in [5, 5.41) is 0. The maximum absolute atomic E-state index is 6.07. The Morgan fingerprint density at radius 3 is 1.95 bits per heavy atom. The molecule has 20 heavy (non-hydrogen) atoms. The van der Waals surface area contributed by atoms with Crippen LogP contribution in [0.3, 0.4) is 0 Å². The summed E-state index contributed by atoms with van der Waals surface area (Å²) in [6, 6.07) is 20.1. The molecule has 1 atom stereocenters. The molecule has 0 bridgehead atoms. The molecule has 0 N–H and O–H groups in total. The second-order valence-electron chi connectivity index (χ2n) is 5.66. The topological polar surface area (TPSA) is 9.23 Å². The van der Waals surface area contributed by atoms with E-state index in [0.717, 1.165) is 11.1 Å². The van der Waals surface area contributed by atoms with Crippen LogP contribution < -0.4 is 0 Å². The molecule has 2 aromatic rings. The van der Waals surface area contributed by atoms with Crippen LogP contribution in [0.4, 0.5) is 0 Å². The maximum Gasteiger partial charge on any atom is 0.144 e. The van der Waals surface area contributed by atoms with Gasteiger partial charge in [-0.15, -0.1) is 0 Å². The average Bonchev–Trinajstić information content (AvgIpc) is 2.44. The zero-order valence-electron chi connectivity index (χ0n) is 12.3. The van der Waals surface area contributed by atoms with Crippen LogP contribution in [-0.2, 0) is 4.74 Å². The first-order valence-corrected chi connectivity index (χ1v) is 6.84. The summed E-state index contributed by atoms with van der Waals surface area (Å²) < 4.78 is 6.07. The third kappa shape index (κ3) is 4.57. The number of rotatable bonds is 2. The van der Waals surface area contributed by atoms with E-state index in [-0.39, 0.29) is 11.7 Å². The van der Waals surface area contributed by atoms with Crippen LogP contribution >= 0.6 is 0 Å². The van der Waals surface area contributed by atoms with Crippen LogP contribution in [-0.4, -0.2) is 5.60 Å². The molecule has 2 rings (SSSR count). The van der Waals surface area contributed by atoms with Crippen LogP contribution in [0.1, 0.15) is 38.0 Å². The Balaban J connectivity index is 2.26. The summed E-state index contributed by atoms with van der Waals surface area (Å²) in [5.41, 5.74) is 1.86. The van der Waals surface area contributed by atoms with E-state index in [2.05, 4.69) is 24.0 Å². The number of hydrogen-bond donors (Lipinski definition) is 0. The molecule has 0 saturated carbocycles. The van der Waals surface area contributed by atoms with Crippen molar-refractivity contribution in [3.05, 3.63) is 71.8 Å². The average molecular weight is 264 g/mol. The minimum absolute atomic E-state index is 0.212. The number of hydrogen-bond acceptors (Lipinski definition) is 1. The van der Waals surface area contributed by atoms with Gasteiger partial charge in [-0.25, -0.2) is 0 Å². The molecule has 0 amide bonds. The predicted octanol–water partition coefficient (Wildman–Crippen LogP) is 4.59. The SMILES string of the molecule is CC(C)(C)OC(C#Cc1ccccc1)c1ccccc1. The van der Waals surface area contributed by atoms with Crippen molar-refractivity contribution in [3.63, 3.8) is 0 Å². The van der Waals surface area contributed by atoms with Gasteiger partial charge in [-0.1, -0.05) is 60.4 Å². The van der Waals surface area contributed by atoms with Gasteiger partial charge >= 0.3 is 0 Å². The van der Waals surface area contributed by atoms with Gasteiger partial charge in [-0.2, -0.15) is 0 Å². The molecule has 2 aromatic carbocycles. The Morgan fingerprint density at radius 2 is 1.40 bits per heavy atom. The largest absolute Gasteiger partial charge is 0.355 e. The third-order valence-corrected chi connectivity index (χ3v) is 2.70. The molecule has 0 spiro atoms. The standard InChI is InChI=1S/C19H20O/c1-19(2,3)20-18(17-12-8-5-9-13-17)15-14-16-10-6-4-7-11-16/h4-13,18H,1-3H3. The summed E-state index contributed by atoms with van der Waals surface area (Å²) in [7, 11) is 0. The van der Waals surface area contributed by atoms with Crippen LogP contribution in [0.25, 0.3) is 0 Å². The van der Waals surface area contributed by atoms with Crippen molar-refractivity contribution in [1.29, 1.82) is 0 Å². The van der Waals surface area contributed by atoms with Gasteiger partial charge in [-0.05, 0) is 38.5 Å². The van der Waals surface area contributed by atoms with Gasteiger partial charge in [0.05, 0.1) is 5.60 Å². The Hall–Kier alpha value is -2.04. The molecule has 0 aliphatic heterocycles. The predicted molar refractivity (Wildman–Crippen MR) is 83.3 cm³/mol. The van der Waals surface area contributed by atoms with Crippen molar-refractivity contribution in [2.45, 2.75) is 32.5 Å². The second-order valence-corrected chi connectivity index (χ2v) is 5.66. The fourth-order valence-corrected chi connectivity index (χ4v) is 1.83. The van der Waals surface area contributed by atoms with Crippen molar-refractivity contribution in [3.8, 4) is 11.8 Å². The number of benzene rings is 2. The number of ether oxygens (including phenoxy) is 1. The molecule has 1 unspecified atom stereocenters. The van der Waals surface area contributed by atoms with Gasteiger partial charge in [0.25, 0.3) is 0 Å². The monoisotopic (exact) mass is 264 g/mol. The van der Waals surface area contributed by atoms with E-state index < -0.39 is 0 Å². The van der Waals surface area contributed by atoms with Gasteiger partial charge in [0, 0.05) is 5.56 Å². The summed E-state index contributed by atoms with van der Waals surface area (Å²) in [4.78, 5) is 0. The molecular weight excluding hydrogens is 244 g/mol. The highest BCUT2D eigenvalue weighted by atomic mass is 16.5. The molecule has 0 radical (unpaired) electrons. The molecule has 0 aliphatic rings. The van der Waals surface area contributed by atoms with Gasteiger partial charge in [0.2, 0.25) is 0 Å². The maximum atomic E-state index is 6.07. The van der Waals surface area contributed by atoms with E-state index in [1.54, 1.807) is 0 Å². The normalized spacial score (nSPS) is 12.3. The Morgan fingerprint density at radius 1 is 0.850 bits per heavy atom. The van der Waals surface area contributed by atoms with Crippen molar-refractivity contribution < 1.29 is 4.74 Å². The molecule has 102 valence electrons. The van der Waals surface area contributed by atoms with E-state index in [4.69, 9.17) is 4.74 Å². The summed E-state index contributed by atoms with van der Waals surface area (Å²) in [6.45, 7) is 6.15. The Kier molecular flexibility index (Phi) is 4.61. The lowest BCUT2D eigenvalue weighted by Crippen LogP contribution is -2.22. The highest BCUT2D eigenvalue weighted by molar-refractivity contribution is 5.36. The summed E-state index contributed by atoms with van der Waals surface area (Å²) in [6.07, 6.45) is -0.212. The lowest BCUT2D eigenvalue weighted by molar-refractivity contribution is -0.0351. The van der Waals surface area contributed by atoms with Crippen molar-refractivity contribution in [2.24, 2.45) is 0 Å². The van der Waals surface area contributed by atoms with Crippen LogP contribution in [0.5, 0.6) is 0 Å². The lowest BCUT2D eigenvalue weighted by atomic mass is 10.1.